The van der Waals surface area contributed by atoms with Gasteiger partial charge in [0.15, 0.2) is 0 Å². The van der Waals surface area contributed by atoms with Gasteiger partial charge >= 0.3 is 0 Å². The standard InChI is InChI=1S/C24H27ClFN7O2/c1-32-7-9-33(10-8-32)22(14-23(27)34)20-12-16(5-6-28-20)29-21-13-19(30-31-24(21)35-2)17-11-15(25)3-4-18(17)26/h3-6,11-13,22H,7-10,14H2,1-2H3,(H2,27,34)(H,28,29,30). The summed E-state index contributed by atoms with van der Waals surface area (Å²) in [6.07, 6.45) is 1.83. The van der Waals surface area contributed by atoms with E-state index in [-0.39, 0.29) is 29.8 Å². The van der Waals surface area contributed by atoms with Crippen molar-refractivity contribution >= 4 is 28.9 Å². The molecule has 0 saturated carbocycles. The Labute approximate surface area is 208 Å². The Kier molecular flexibility index (Phi) is 7.74. The maximum Gasteiger partial charge on any atom is 0.257 e. The number of hydrogen-bond donors (Lipinski definition) is 2. The van der Waals surface area contributed by atoms with Gasteiger partial charge in [-0.15, -0.1) is 10.2 Å². The zero-order valence-electron chi connectivity index (χ0n) is 19.5. The maximum atomic E-state index is 14.4. The van der Waals surface area contributed by atoms with Gasteiger partial charge in [0.2, 0.25) is 5.91 Å². The summed E-state index contributed by atoms with van der Waals surface area (Å²) in [6.45, 7) is 3.42. The molecule has 184 valence electrons. The molecule has 1 saturated heterocycles. The minimum Gasteiger partial charge on any atom is -0.478 e. The molecule has 1 atom stereocenters. The summed E-state index contributed by atoms with van der Waals surface area (Å²) >= 11 is 6.05. The van der Waals surface area contributed by atoms with E-state index in [0.29, 0.717) is 22.1 Å². The number of pyridine rings is 1. The molecule has 1 amide bonds. The molecular weight excluding hydrogens is 473 g/mol. The van der Waals surface area contributed by atoms with Crippen LogP contribution >= 0.6 is 11.6 Å². The molecule has 0 aliphatic carbocycles. The number of nitrogens with zero attached hydrogens (tertiary/aromatic N) is 5. The predicted molar refractivity (Wildman–Crippen MR) is 132 cm³/mol. The van der Waals surface area contributed by atoms with Crippen LogP contribution < -0.4 is 15.8 Å². The number of methoxy groups -OCH3 is 1. The van der Waals surface area contributed by atoms with Gasteiger partial charge in [0.25, 0.3) is 5.88 Å². The van der Waals surface area contributed by atoms with Gasteiger partial charge in [0, 0.05) is 55.1 Å². The molecule has 1 fully saturated rings. The number of benzene rings is 1. The summed E-state index contributed by atoms with van der Waals surface area (Å²) in [6, 6.07) is 9.30. The van der Waals surface area contributed by atoms with Crippen LogP contribution in [0.4, 0.5) is 15.8 Å². The van der Waals surface area contributed by atoms with Gasteiger partial charge in [-0.1, -0.05) is 11.6 Å². The van der Waals surface area contributed by atoms with E-state index in [1.54, 1.807) is 18.3 Å². The lowest BCUT2D eigenvalue weighted by molar-refractivity contribution is -0.119. The Balaban J connectivity index is 1.64. The average molecular weight is 500 g/mol. The van der Waals surface area contributed by atoms with E-state index in [1.165, 1.54) is 25.3 Å². The van der Waals surface area contributed by atoms with Crippen LogP contribution in [-0.2, 0) is 4.79 Å². The first-order chi connectivity index (χ1) is 16.8. The minimum atomic E-state index is -0.465. The highest BCUT2D eigenvalue weighted by molar-refractivity contribution is 6.30. The Bertz CT molecular complexity index is 1200. The number of nitrogens with one attached hydrogen (secondary N) is 1. The Morgan fingerprint density at radius 3 is 2.69 bits per heavy atom. The van der Waals surface area contributed by atoms with Crippen LogP contribution in [-0.4, -0.2) is 71.2 Å². The van der Waals surface area contributed by atoms with E-state index < -0.39 is 5.82 Å². The van der Waals surface area contributed by atoms with Crippen molar-refractivity contribution in [1.82, 2.24) is 25.0 Å². The molecule has 3 heterocycles. The van der Waals surface area contributed by atoms with Crippen molar-refractivity contribution in [2.75, 3.05) is 45.7 Å². The molecule has 0 spiro atoms. The van der Waals surface area contributed by atoms with Gasteiger partial charge in [-0.2, -0.15) is 0 Å². The van der Waals surface area contributed by atoms with Gasteiger partial charge in [-0.25, -0.2) is 4.39 Å². The number of likely N-dealkylation sites (N-methyl/N-ethyl adjacent to an activating group) is 1. The summed E-state index contributed by atoms with van der Waals surface area (Å²) in [5.74, 6) is -0.614. The fraction of sp³-hybridized carbons (Fsp3) is 0.333. The molecule has 1 unspecified atom stereocenters. The van der Waals surface area contributed by atoms with Crippen LogP contribution in [0.1, 0.15) is 18.2 Å². The van der Waals surface area contributed by atoms with E-state index in [9.17, 15) is 9.18 Å². The lowest BCUT2D eigenvalue weighted by Crippen LogP contribution is -2.46. The average Bonchev–Trinajstić information content (AvgIpc) is 2.85. The number of anilines is 2. The molecule has 35 heavy (non-hydrogen) atoms. The van der Waals surface area contributed by atoms with E-state index in [4.69, 9.17) is 22.1 Å². The minimum absolute atomic E-state index is 0.165. The monoisotopic (exact) mass is 499 g/mol. The van der Waals surface area contributed by atoms with Crippen LogP contribution in [0.5, 0.6) is 5.88 Å². The first-order valence-corrected chi connectivity index (χ1v) is 11.5. The fourth-order valence-corrected chi connectivity index (χ4v) is 4.23. The first kappa shape index (κ1) is 24.8. The highest BCUT2D eigenvalue weighted by atomic mass is 35.5. The third-order valence-corrected chi connectivity index (χ3v) is 6.17. The van der Waals surface area contributed by atoms with Gasteiger partial charge in [-0.05, 0) is 43.4 Å². The molecule has 3 aromatic rings. The summed E-state index contributed by atoms with van der Waals surface area (Å²) < 4.78 is 19.8. The smallest absolute Gasteiger partial charge is 0.257 e. The molecule has 0 bridgehead atoms. The second kappa shape index (κ2) is 10.9. The molecule has 1 aliphatic heterocycles. The Morgan fingerprint density at radius 2 is 1.97 bits per heavy atom. The van der Waals surface area contributed by atoms with Gasteiger partial charge in [-0.3, -0.25) is 14.7 Å². The van der Waals surface area contributed by atoms with E-state index in [2.05, 4.69) is 37.3 Å². The summed E-state index contributed by atoms with van der Waals surface area (Å²) in [4.78, 5) is 20.8. The molecule has 1 aliphatic rings. The predicted octanol–water partition coefficient (Wildman–Crippen LogP) is 3.25. The van der Waals surface area contributed by atoms with Crippen molar-refractivity contribution in [3.63, 3.8) is 0 Å². The summed E-state index contributed by atoms with van der Waals surface area (Å²) in [7, 11) is 3.55. The molecule has 11 heteroatoms. The number of halogens is 2. The lowest BCUT2D eigenvalue weighted by Gasteiger charge is -2.37. The largest absolute Gasteiger partial charge is 0.478 e. The third-order valence-electron chi connectivity index (χ3n) is 5.93. The van der Waals surface area contributed by atoms with Crippen molar-refractivity contribution in [2.45, 2.75) is 12.5 Å². The molecule has 4 rings (SSSR count). The molecule has 9 nitrogen and oxygen atoms in total. The van der Waals surface area contributed by atoms with Crippen molar-refractivity contribution in [3.05, 3.63) is 59.1 Å². The van der Waals surface area contributed by atoms with Crippen LogP contribution in [0.25, 0.3) is 11.3 Å². The van der Waals surface area contributed by atoms with Crippen molar-refractivity contribution < 1.29 is 13.9 Å². The Hall–Kier alpha value is -3.34. The Morgan fingerprint density at radius 1 is 1.20 bits per heavy atom. The normalized spacial score (nSPS) is 15.5. The highest BCUT2D eigenvalue weighted by Crippen LogP contribution is 2.32. The number of rotatable bonds is 8. The topological polar surface area (TPSA) is 110 Å². The quantitative estimate of drug-likeness (QED) is 0.486. The third kappa shape index (κ3) is 6.02. The van der Waals surface area contributed by atoms with Crippen molar-refractivity contribution in [1.29, 1.82) is 0 Å². The number of nitrogens with two attached hydrogens (primary N) is 1. The van der Waals surface area contributed by atoms with E-state index in [0.717, 1.165) is 31.9 Å². The highest BCUT2D eigenvalue weighted by Gasteiger charge is 2.26. The van der Waals surface area contributed by atoms with Crippen LogP contribution in [0, 0.1) is 5.82 Å². The summed E-state index contributed by atoms with van der Waals surface area (Å²) in [5, 5.41) is 11.8. The number of amides is 1. The molecule has 1 aromatic carbocycles. The lowest BCUT2D eigenvalue weighted by atomic mass is 10.1. The fourth-order valence-electron chi connectivity index (χ4n) is 4.05. The number of carbonyl (C=O) groups excluding carboxylic acids is 1. The second-order valence-corrected chi connectivity index (χ2v) is 8.83. The van der Waals surface area contributed by atoms with Crippen LogP contribution in [0.3, 0.4) is 0 Å². The van der Waals surface area contributed by atoms with E-state index in [1.807, 2.05) is 6.07 Å². The number of hydrogen-bond acceptors (Lipinski definition) is 8. The summed E-state index contributed by atoms with van der Waals surface area (Å²) in [5.41, 5.74) is 8.00. The number of carbonyl (C=O) groups is 1. The molecule has 3 N–H and O–H groups in total. The van der Waals surface area contributed by atoms with Gasteiger partial charge in [0.1, 0.15) is 11.5 Å². The number of primary amides is 1. The van der Waals surface area contributed by atoms with E-state index >= 15 is 0 Å². The molecule has 2 aromatic heterocycles. The van der Waals surface area contributed by atoms with Crippen molar-refractivity contribution in [3.8, 4) is 17.1 Å². The molecular formula is C24H27ClFN7O2. The first-order valence-electron chi connectivity index (χ1n) is 11.1. The molecule has 0 radical (unpaired) electrons. The van der Waals surface area contributed by atoms with Gasteiger partial charge in [0.05, 0.1) is 24.5 Å². The second-order valence-electron chi connectivity index (χ2n) is 8.40. The zero-order valence-corrected chi connectivity index (χ0v) is 20.3. The zero-order chi connectivity index (χ0) is 24.9. The van der Waals surface area contributed by atoms with Crippen LogP contribution in [0.2, 0.25) is 5.02 Å². The van der Waals surface area contributed by atoms with Gasteiger partial charge < -0.3 is 20.7 Å². The van der Waals surface area contributed by atoms with Crippen LogP contribution in [0.15, 0.2) is 42.6 Å². The number of piperazine rings is 1. The number of ether oxygens (including phenoxy) is 1. The number of aromatic nitrogens is 3. The van der Waals surface area contributed by atoms with Crippen molar-refractivity contribution in [2.24, 2.45) is 5.73 Å². The SMILES string of the molecule is COc1nnc(-c2cc(Cl)ccc2F)cc1Nc1ccnc(C(CC(N)=O)N2CCN(C)CC2)c1. The maximum absolute atomic E-state index is 14.4.